The molecule has 0 spiro atoms. The zero-order valence-corrected chi connectivity index (χ0v) is 9.41. The summed E-state index contributed by atoms with van der Waals surface area (Å²) in [6.45, 7) is 4.08. The Morgan fingerprint density at radius 3 is 2.73 bits per heavy atom. The van der Waals surface area contributed by atoms with Gasteiger partial charge in [-0.1, -0.05) is 18.2 Å². The maximum Gasteiger partial charge on any atom is 0.322 e. The highest BCUT2D eigenvalue weighted by Crippen LogP contribution is 2.14. The van der Waals surface area contributed by atoms with Gasteiger partial charge in [-0.25, -0.2) is 0 Å². The first-order chi connectivity index (χ1) is 7.06. The average Bonchev–Trinajstić information content (AvgIpc) is 2.23. The minimum atomic E-state index is -0.574. The van der Waals surface area contributed by atoms with Crippen LogP contribution >= 0.6 is 0 Å². The number of methoxy groups -OCH3 is 1. The maximum absolute atomic E-state index is 11.2. The monoisotopic (exact) mass is 207 g/mol. The van der Waals surface area contributed by atoms with Crippen molar-refractivity contribution in [3.63, 3.8) is 0 Å². The SMILES string of the molecule is COC(=O)C(N)Cc1cccc(C)c1C. The van der Waals surface area contributed by atoms with Crippen LogP contribution in [0.5, 0.6) is 0 Å². The molecule has 15 heavy (non-hydrogen) atoms. The van der Waals surface area contributed by atoms with Crippen molar-refractivity contribution in [3.8, 4) is 0 Å². The number of rotatable bonds is 3. The lowest BCUT2D eigenvalue weighted by molar-refractivity contribution is -0.142. The van der Waals surface area contributed by atoms with Crippen molar-refractivity contribution in [3.05, 3.63) is 34.9 Å². The Bertz CT molecular complexity index is 361. The molecule has 0 aliphatic heterocycles. The van der Waals surface area contributed by atoms with Crippen LogP contribution in [0.25, 0.3) is 0 Å². The molecule has 1 aromatic carbocycles. The van der Waals surface area contributed by atoms with Gasteiger partial charge in [0.2, 0.25) is 0 Å². The lowest BCUT2D eigenvalue weighted by Gasteiger charge is -2.12. The molecule has 82 valence electrons. The smallest absolute Gasteiger partial charge is 0.322 e. The van der Waals surface area contributed by atoms with Gasteiger partial charge in [-0.05, 0) is 37.0 Å². The summed E-state index contributed by atoms with van der Waals surface area (Å²) >= 11 is 0. The van der Waals surface area contributed by atoms with E-state index in [1.54, 1.807) is 0 Å². The van der Waals surface area contributed by atoms with Crippen molar-refractivity contribution in [1.82, 2.24) is 0 Å². The molecule has 0 heterocycles. The van der Waals surface area contributed by atoms with Gasteiger partial charge in [-0.15, -0.1) is 0 Å². The summed E-state index contributed by atoms with van der Waals surface area (Å²) in [4.78, 5) is 11.2. The molecule has 0 saturated carbocycles. The minimum Gasteiger partial charge on any atom is -0.468 e. The van der Waals surface area contributed by atoms with Crippen LogP contribution < -0.4 is 5.73 Å². The second-order valence-corrected chi connectivity index (χ2v) is 3.69. The second kappa shape index (κ2) is 4.94. The third-order valence-corrected chi connectivity index (χ3v) is 2.66. The number of esters is 1. The fourth-order valence-electron chi connectivity index (χ4n) is 1.50. The lowest BCUT2D eigenvalue weighted by Crippen LogP contribution is -2.33. The van der Waals surface area contributed by atoms with E-state index in [9.17, 15) is 4.79 Å². The van der Waals surface area contributed by atoms with Crippen molar-refractivity contribution >= 4 is 5.97 Å². The highest BCUT2D eigenvalue weighted by Gasteiger charge is 2.15. The molecule has 0 aliphatic carbocycles. The van der Waals surface area contributed by atoms with Gasteiger partial charge in [-0.2, -0.15) is 0 Å². The van der Waals surface area contributed by atoms with Crippen molar-refractivity contribution in [2.45, 2.75) is 26.3 Å². The quantitative estimate of drug-likeness (QED) is 0.761. The normalized spacial score (nSPS) is 12.3. The number of carbonyl (C=O) groups is 1. The molecule has 0 aliphatic rings. The molecular weight excluding hydrogens is 190 g/mol. The Hall–Kier alpha value is -1.35. The van der Waals surface area contributed by atoms with E-state index in [1.807, 2.05) is 32.0 Å². The second-order valence-electron chi connectivity index (χ2n) is 3.69. The van der Waals surface area contributed by atoms with Crippen LogP contribution in [0.3, 0.4) is 0 Å². The summed E-state index contributed by atoms with van der Waals surface area (Å²) < 4.78 is 4.59. The highest BCUT2D eigenvalue weighted by atomic mass is 16.5. The Morgan fingerprint density at radius 2 is 2.13 bits per heavy atom. The Kier molecular flexibility index (Phi) is 3.86. The molecule has 1 atom stereocenters. The molecule has 0 radical (unpaired) electrons. The van der Waals surface area contributed by atoms with Crippen molar-refractivity contribution < 1.29 is 9.53 Å². The number of carbonyl (C=O) groups excluding carboxylic acids is 1. The van der Waals surface area contributed by atoms with Gasteiger partial charge in [0.25, 0.3) is 0 Å². The standard InChI is InChI=1S/C12H17NO2/c1-8-5-4-6-10(9(8)2)7-11(13)12(14)15-3/h4-6,11H,7,13H2,1-3H3. The van der Waals surface area contributed by atoms with Crippen LogP contribution in [-0.4, -0.2) is 19.1 Å². The van der Waals surface area contributed by atoms with Crippen molar-refractivity contribution in [2.75, 3.05) is 7.11 Å². The van der Waals surface area contributed by atoms with Crippen molar-refractivity contribution in [1.29, 1.82) is 0 Å². The third kappa shape index (κ3) is 2.80. The third-order valence-electron chi connectivity index (χ3n) is 2.66. The topological polar surface area (TPSA) is 52.3 Å². The summed E-state index contributed by atoms with van der Waals surface area (Å²) in [6.07, 6.45) is 0.528. The predicted octanol–water partition coefficient (Wildman–Crippen LogP) is 1.35. The first-order valence-electron chi connectivity index (χ1n) is 4.94. The molecule has 2 N–H and O–H groups in total. The molecule has 3 heteroatoms. The van der Waals surface area contributed by atoms with E-state index in [0.717, 1.165) is 5.56 Å². The van der Waals surface area contributed by atoms with E-state index < -0.39 is 6.04 Å². The number of aryl methyl sites for hydroxylation is 1. The van der Waals surface area contributed by atoms with Gasteiger partial charge >= 0.3 is 5.97 Å². The predicted molar refractivity (Wildman–Crippen MR) is 59.6 cm³/mol. The number of benzene rings is 1. The van der Waals surface area contributed by atoms with Crippen LogP contribution in [0.4, 0.5) is 0 Å². The summed E-state index contributed by atoms with van der Waals surface area (Å²) in [6, 6.07) is 5.44. The summed E-state index contributed by atoms with van der Waals surface area (Å²) in [5.74, 6) is -0.365. The molecule has 0 aromatic heterocycles. The first-order valence-corrected chi connectivity index (χ1v) is 4.94. The van der Waals surface area contributed by atoms with E-state index in [0.29, 0.717) is 6.42 Å². The molecule has 0 fully saturated rings. The lowest BCUT2D eigenvalue weighted by atomic mass is 9.98. The van der Waals surface area contributed by atoms with E-state index in [1.165, 1.54) is 18.2 Å². The number of nitrogens with two attached hydrogens (primary N) is 1. The Balaban J connectivity index is 2.81. The van der Waals surface area contributed by atoms with Gasteiger partial charge in [0, 0.05) is 0 Å². The fourth-order valence-corrected chi connectivity index (χ4v) is 1.50. The van der Waals surface area contributed by atoms with Gasteiger partial charge in [-0.3, -0.25) is 4.79 Å². The largest absolute Gasteiger partial charge is 0.468 e. The van der Waals surface area contributed by atoms with E-state index in [-0.39, 0.29) is 5.97 Å². The maximum atomic E-state index is 11.2. The van der Waals surface area contributed by atoms with E-state index >= 15 is 0 Å². The summed E-state index contributed by atoms with van der Waals surface area (Å²) in [5.41, 5.74) is 9.21. The summed E-state index contributed by atoms with van der Waals surface area (Å²) in [5, 5.41) is 0. The van der Waals surface area contributed by atoms with E-state index in [2.05, 4.69) is 4.74 Å². The molecule has 1 aromatic rings. The molecule has 1 unspecified atom stereocenters. The fraction of sp³-hybridized carbons (Fsp3) is 0.417. The average molecular weight is 207 g/mol. The van der Waals surface area contributed by atoms with Crippen LogP contribution in [0, 0.1) is 13.8 Å². The van der Waals surface area contributed by atoms with Crippen molar-refractivity contribution in [2.24, 2.45) is 5.73 Å². The molecular formula is C12H17NO2. The number of ether oxygens (including phenoxy) is 1. The molecule has 1 rings (SSSR count). The Morgan fingerprint density at radius 1 is 1.47 bits per heavy atom. The van der Waals surface area contributed by atoms with Gasteiger partial charge in [0.1, 0.15) is 6.04 Å². The van der Waals surface area contributed by atoms with Crippen LogP contribution in [-0.2, 0) is 16.0 Å². The zero-order valence-electron chi connectivity index (χ0n) is 9.41. The zero-order chi connectivity index (χ0) is 11.4. The number of hydrogen-bond acceptors (Lipinski definition) is 3. The molecule has 0 saturated heterocycles. The van der Waals surface area contributed by atoms with Gasteiger partial charge in [0.15, 0.2) is 0 Å². The molecule has 0 amide bonds. The molecule has 0 bridgehead atoms. The minimum absolute atomic E-state index is 0.365. The Labute approximate surface area is 90.2 Å². The van der Waals surface area contributed by atoms with Crippen LogP contribution in [0.15, 0.2) is 18.2 Å². The summed E-state index contributed by atoms with van der Waals surface area (Å²) in [7, 11) is 1.35. The van der Waals surface area contributed by atoms with Gasteiger partial charge in [0.05, 0.1) is 7.11 Å². The first kappa shape index (κ1) is 11.7. The van der Waals surface area contributed by atoms with Crippen LogP contribution in [0.2, 0.25) is 0 Å². The number of hydrogen-bond donors (Lipinski definition) is 1. The van der Waals surface area contributed by atoms with E-state index in [4.69, 9.17) is 5.73 Å². The van der Waals surface area contributed by atoms with Gasteiger partial charge < -0.3 is 10.5 Å². The molecule has 3 nitrogen and oxygen atoms in total. The van der Waals surface area contributed by atoms with Crippen LogP contribution in [0.1, 0.15) is 16.7 Å². The highest BCUT2D eigenvalue weighted by molar-refractivity contribution is 5.75.